The quantitative estimate of drug-likeness (QED) is 0.488. The number of rotatable bonds is 2. The van der Waals surface area contributed by atoms with Crippen LogP contribution in [-0.2, 0) is 0 Å². The molecular formula is C11H10FN3O2. The Morgan fingerprint density at radius 2 is 2.06 bits per heavy atom. The second-order valence-electron chi connectivity index (χ2n) is 3.45. The van der Waals surface area contributed by atoms with Gasteiger partial charge in [-0.15, -0.1) is 0 Å². The van der Waals surface area contributed by atoms with E-state index in [4.69, 9.17) is 10.4 Å². The highest BCUT2D eigenvalue weighted by atomic mass is 19.1. The summed E-state index contributed by atoms with van der Waals surface area (Å²) < 4.78 is 17.5. The lowest BCUT2D eigenvalue weighted by molar-refractivity contribution is 0.0985. The molecule has 1 aromatic heterocycles. The van der Waals surface area contributed by atoms with Crippen molar-refractivity contribution in [3.8, 4) is 0 Å². The number of aryl methyl sites for hydroxylation is 1. The van der Waals surface area contributed by atoms with Crippen LogP contribution in [0.15, 0.2) is 35.0 Å². The molecule has 0 aliphatic heterocycles. The molecule has 2 aromatic rings. The topological polar surface area (TPSA) is 72.4 Å². The summed E-state index contributed by atoms with van der Waals surface area (Å²) in [6.45, 7) is 1.61. The zero-order chi connectivity index (χ0) is 12.4. The Kier molecular flexibility index (Phi) is 2.88. The fourth-order valence-corrected chi connectivity index (χ4v) is 1.35. The third kappa shape index (κ3) is 2.16. The molecule has 5 nitrogen and oxygen atoms in total. The minimum atomic E-state index is -0.463. The molecule has 0 radical (unpaired) electrons. The van der Waals surface area contributed by atoms with Crippen molar-refractivity contribution >= 4 is 11.6 Å². The Hall–Kier alpha value is -2.21. The lowest BCUT2D eigenvalue weighted by Crippen LogP contribution is -2.37. The molecule has 6 heteroatoms. The van der Waals surface area contributed by atoms with Crippen molar-refractivity contribution in [2.75, 3.05) is 5.01 Å². The number of carbonyl (C=O) groups excluding carboxylic acids is 1. The van der Waals surface area contributed by atoms with E-state index in [0.717, 1.165) is 5.01 Å². The Balaban J connectivity index is 2.26. The van der Waals surface area contributed by atoms with Crippen LogP contribution in [0.3, 0.4) is 0 Å². The number of aromatic nitrogens is 1. The Labute approximate surface area is 96.6 Å². The zero-order valence-corrected chi connectivity index (χ0v) is 9.05. The number of hydrazine groups is 1. The van der Waals surface area contributed by atoms with Crippen molar-refractivity contribution in [1.29, 1.82) is 0 Å². The van der Waals surface area contributed by atoms with Gasteiger partial charge in [0.25, 0.3) is 5.91 Å². The molecule has 0 unspecified atom stereocenters. The van der Waals surface area contributed by atoms with E-state index in [2.05, 4.69) is 5.16 Å². The van der Waals surface area contributed by atoms with Crippen molar-refractivity contribution in [2.45, 2.75) is 6.92 Å². The van der Waals surface area contributed by atoms with Gasteiger partial charge in [0.05, 0.1) is 11.9 Å². The van der Waals surface area contributed by atoms with E-state index in [-0.39, 0.29) is 5.56 Å². The standard InChI is InChI=1S/C11H10FN3O2/c1-7-10(6-14-17-7)11(16)15(13)9-4-2-8(12)3-5-9/h2-6H,13H2,1H3. The van der Waals surface area contributed by atoms with Gasteiger partial charge in [-0.25, -0.2) is 15.2 Å². The number of hydrogen-bond donors (Lipinski definition) is 1. The van der Waals surface area contributed by atoms with Crippen LogP contribution in [0.5, 0.6) is 0 Å². The molecule has 0 saturated carbocycles. The number of hydrogen-bond acceptors (Lipinski definition) is 4. The van der Waals surface area contributed by atoms with Gasteiger partial charge < -0.3 is 4.52 Å². The van der Waals surface area contributed by atoms with Crippen LogP contribution in [-0.4, -0.2) is 11.1 Å². The van der Waals surface area contributed by atoms with Crippen LogP contribution in [0.25, 0.3) is 0 Å². The summed E-state index contributed by atoms with van der Waals surface area (Å²) in [6.07, 6.45) is 1.29. The summed E-state index contributed by atoms with van der Waals surface area (Å²) in [4.78, 5) is 11.9. The molecule has 0 spiro atoms. The molecule has 1 amide bonds. The van der Waals surface area contributed by atoms with E-state index in [1.807, 2.05) is 0 Å². The first-order chi connectivity index (χ1) is 8.09. The van der Waals surface area contributed by atoms with Crippen molar-refractivity contribution in [2.24, 2.45) is 5.84 Å². The van der Waals surface area contributed by atoms with E-state index in [1.54, 1.807) is 6.92 Å². The monoisotopic (exact) mass is 235 g/mol. The second kappa shape index (κ2) is 4.34. The highest BCUT2D eigenvalue weighted by Crippen LogP contribution is 2.16. The van der Waals surface area contributed by atoms with E-state index in [1.165, 1.54) is 30.5 Å². The summed E-state index contributed by atoms with van der Waals surface area (Å²) in [7, 11) is 0. The molecule has 0 atom stereocenters. The second-order valence-corrected chi connectivity index (χ2v) is 3.45. The van der Waals surface area contributed by atoms with Crippen LogP contribution < -0.4 is 10.9 Å². The molecule has 0 aliphatic rings. The van der Waals surface area contributed by atoms with Gasteiger partial charge in [-0.2, -0.15) is 0 Å². The highest BCUT2D eigenvalue weighted by Gasteiger charge is 2.19. The van der Waals surface area contributed by atoms with Crippen molar-refractivity contribution in [1.82, 2.24) is 5.16 Å². The van der Waals surface area contributed by atoms with Gasteiger partial charge in [0.1, 0.15) is 17.1 Å². The Bertz CT molecular complexity index is 536. The van der Waals surface area contributed by atoms with Gasteiger partial charge in [0.15, 0.2) is 0 Å². The van der Waals surface area contributed by atoms with Crippen LogP contribution in [0, 0.1) is 12.7 Å². The summed E-state index contributed by atoms with van der Waals surface area (Å²) in [5, 5.41) is 4.41. The molecule has 2 rings (SSSR count). The fourth-order valence-electron chi connectivity index (χ4n) is 1.35. The van der Waals surface area contributed by atoms with Crippen LogP contribution in [0.2, 0.25) is 0 Å². The molecular weight excluding hydrogens is 225 g/mol. The summed E-state index contributed by atoms with van der Waals surface area (Å²) in [5.41, 5.74) is 0.661. The summed E-state index contributed by atoms with van der Waals surface area (Å²) >= 11 is 0. The first-order valence-corrected chi connectivity index (χ1v) is 4.85. The van der Waals surface area contributed by atoms with Gasteiger partial charge in [0, 0.05) is 0 Å². The number of carbonyl (C=O) groups is 1. The van der Waals surface area contributed by atoms with Crippen LogP contribution in [0.4, 0.5) is 10.1 Å². The molecule has 0 saturated heterocycles. The number of amides is 1. The number of nitrogens with zero attached hydrogens (tertiary/aromatic N) is 2. The van der Waals surface area contributed by atoms with Gasteiger partial charge in [0.2, 0.25) is 0 Å². The van der Waals surface area contributed by atoms with Gasteiger partial charge in [-0.3, -0.25) is 4.79 Å². The van der Waals surface area contributed by atoms with Crippen molar-refractivity contribution < 1.29 is 13.7 Å². The van der Waals surface area contributed by atoms with E-state index >= 15 is 0 Å². The minimum Gasteiger partial charge on any atom is -0.361 e. The first kappa shape index (κ1) is 11.3. The third-order valence-electron chi connectivity index (χ3n) is 2.30. The average Bonchev–Trinajstić information content (AvgIpc) is 2.74. The predicted octanol–water partition coefficient (Wildman–Crippen LogP) is 1.64. The molecule has 1 aromatic carbocycles. The number of benzene rings is 1. The molecule has 2 N–H and O–H groups in total. The molecule has 1 heterocycles. The summed E-state index contributed by atoms with van der Waals surface area (Å²) in [5.74, 6) is 5.17. The SMILES string of the molecule is Cc1oncc1C(=O)N(N)c1ccc(F)cc1. The minimum absolute atomic E-state index is 0.275. The van der Waals surface area contributed by atoms with Crippen LogP contribution >= 0.6 is 0 Å². The number of nitrogens with two attached hydrogens (primary N) is 1. The van der Waals surface area contributed by atoms with Gasteiger partial charge in [-0.05, 0) is 31.2 Å². The lowest BCUT2D eigenvalue weighted by atomic mass is 10.2. The fraction of sp³-hybridized carbons (Fsp3) is 0.0909. The van der Waals surface area contributed by atoms with Gasteiger partial charge >= 0.3 is 0 Å². The van der Waals surface area contributed by atoms with E-state index in [9.17, 15) is 9.18 Å². The maximum absolute atomic E-state index is 12.7. The predicted molar refractivity (Wildman–Crippen MR) is 58.6 cm³/mol. The Morgan fingerprint density at radius 1 is 1.41 bits per heavy atom. The zero-order valence-electron chi connectivity index (χ0n) is 9.05. The smallest absolute Gasteiger partial charge is 0.277 e. The average molecular weight is 235 g/mol. The third-order valence-corrected chi connectivity index (χ3v) is 2.30. The first-order valence-electron chi connectivity index (χ1n) is 4.85. The molecule has 0 aliphatic carbocycles. The van der Waals surface area contributed by atoms with E-state index in [0.29, 0.717) is 11.4 Å². The summed E-state index contributed by atoms with van der Waals surface area (Å²) in [6, 6.07) is 5.28. The molecule has 17 heavy (non-hydrogen) atoms. The normalized spacial score (nSPS) is 10.3. The largest absolute Gasteiger partial charge is 0.361 e. The molecule has 0 bridgehead atoms. The number of anilines is 1. The number of halogens is 1. The van der Waals surface area contributed by atoms with Crippen LogP contribution in [0.1, 0.15) is 16.1 Å². The highest BCUT2D eigenvalue weighted by molar-refractivity contribution is 6.05. The van der Waals surface area contributed by atoms with E-state index < -0.39 is 11.7 Å². The molecule has 88 valence electrons. The molecule has 0 fully saturated rings. The van der Waals surface area contributed by atoms with Gasteiger partial charge in [-0.1, -0.05) is 5.16 Å². The lowest BCUT2D eigenvalue weighted by Gasteiger charge is -2.15. The van der Waals surface area contributed by atoms with Crippen molar-refractivity contribution in [3.63, 3.8) is 0 Å². The maximum Gasteiger partial charge on any atom is 0.277 e. The maximum atomic E-state index is 12.7. The van der Waals surface area contributed by atoms with Crippen molar-refractivity contribution in [3.05, 3.63) is 47.6 Å². The Morgan fingerprint density at radius 3 is 2.59 bits per heavy atom.